The average Bonchev–Trinajstić information content (AvgIpc) is 2.56. The summed E-state index contributed by atoms with van der Waals surface area (Å²) in [7, 11) is 0. The van der Waals surface area contributed by atoms with E-state index >= 15 is 0 Å². The molecule has 3 rings (SSSR count). The molecule has 2 nitrogen and oxygen atoms in total. The lowest BCUT2D eigenvalue weighted by molar-refractivity contribution is 0.175. The summed E-state index contributed by atoms with van der Waals surface area (Å²) in [5.74, 6) is 0.771. The zero-order valence-electron chi connectivity index (χ0n) is 11.1. The number of alkyl halides is 1. The van der Waals surface area contributed by atoms with Gasteiger partial charge in [-0.15, -0.1) is 0 Å². The van der Waals surface area contributed by atoms with Crippen molar-refractivity contribution in [3.05, 3.63) is 71.8 Å². The van der Waals surface area contributed by atoms with Crippen LogP contribution in [0.25, 0.3) is 0 Å². The van der Waals surface area contributed by atoms with Gasteiger partial charge in [0.15, 0.2) is 0 Å². The summed E-state index contributed by atoms with van der Waals surface area (Å²) < 4.78 is 6.99. The molecule has 0 radical (unpaired) electrons. The van der Waals surface area contributed by atoms with Crippen molar-refractivity contribution in [1.82, 2.24) is 0 Å². The minimum Gasteiger partial charge on any atom is -0.473 e. The molecule has 1 aliphatic rings. The molecule has 2 aromatic rings. The summed E-state index contributed by atoms with van der Waals surface area (Å²) in [4.78, 5) is 4.81. The summed E-state index contributed by atoms with van der Waals surface area (Å²) in [6.07, 6.45) is 1.18. The van der Waals surface area contributed by atoms with Crippen molar-refractivity contribution >= 4 is 28.5 Å². The largest absolute Gasteiger partial charge is 0.473 e. The van der Waals surface area contributed by atoms with Crippen LogP contribution in [-0.2, 0) is 4.74 Å². The van der Waals surface area contributed by atoms with Crippen LogP contribution >= 0.6 is 22.6 Å². The minimum atomic E-state index is 0.194. The fraction of sp³-hybridized carbons (Fsp3) is 0.235. The summed E-state index contributed by atoms with van der Waals surface area (Å²) >= 11 is 2.39. The molecule has 0 spiro atoms. The molecule has 0 saturated heterocycles. The number of hydrogen-bond acceptors (Lipinski definition) is 2. The van der Waals surface area contributed by atoms with Crippen molar-refractivity contribution in [1.29, 1.82) is 0 Å². The molecule has 0 amide bonds. The number of hydrogen-bond donors (Lipinski definition) is 0. The Kier molecular flexibility index (Phi) is 4.35. The fourth-order valence-electron chi connectivity index (χ4n) is 2.38. The number of halogens is 1. The molecule has 0 aliphatic carbocycles. The first-order chi connectivity index (χ1) is 9.86. The molecule has 2 atom stereocenters. The van der Waals surface area contributed by atoms with Crippen molar-refractivity contribution < 1.29 is 4.74 Å². The van der Waals surface area contributed by atoms with Crippen LogP contribution in [-0.4, -0.2) is 16.4 Å². The molecule has 102 valence electrons. The number of aliphatic imine (C=N–C) groups is 1. The van der Waals surface area contributed by atoms with Gasteiger partial charge in [-0.3, -0.25) is 0 Å². The number of ether oxygens (including phenoxy) is 1. The highest BCUT2D eigenvalue weighted by atomic mass is 127. The van der Waals surface area contributed by atoms with E-state index in [1.165, 1.54) is 5.56 Å². The molecule has 1 heterocycles. The molecule has 20 heavy (non-hydrogen) atoms. The molecular formula is C17H16INO. The van der Waals surface area contributed by atoms with Crippen LogP contribution in [0.3, 0.4) is 0 Å². The Morgan fingerprint density at radius 2 is 1.65 bits per heavy atom. The molecule has 2 unspecified atom stereocenters. The molecular weight excluding hydrogens is 361 g/mol. The van der Waals surface area contributed by atoms with Crippen molar-refractivity contribution in [2.24, 2.45) is 4.99 Å². The standard InChI is InChI=1S/C17H16INO/c18-12-15-11-16(13-7-3-1-4-8-13)19-17(20-15)14-9-5-2-6-10-14/h1-10,15-16H,11-12H2. The summed E-state index contributed by atoms with van der Waals surface area (Å²) in [6.45, 7) is 0. The Morgan fingerprint density at radius 3 is 2.30 bits per heavy atom. The van der Waals surface area contributed by atoms with Gasteiger partial charge in [0, 0.05) is 16.4 Å². The Balaban J connectivity index is 1.94. The SMILES string of the molecule is ICC1CC(c2ccccc2)N=C(c2ccccc2)O1. The first-order valence-corrected chi connectivity index (χ1v) is 8.30. The number of benzene rings is 2. The van der Waals surface area contributed by atoms with E-state index in [1.807, 2.05) is 24.3 Å². The van der Waals surface area contributed by atoms with Crippen molar-refractivity contribution in [3.63, 3.8) is 0 Å². The van der Waals surface area contributed by atoms with E-state index in [2.05, 4.69) is 59.0 Å². The van der Waals surface area contributed by atoms with Gasteiger partial charge in [0.05, 0.1) is 6.04 Å². The predicted octanol–water partition coefficient (Wildman–Crippen LogP) is 4.40. The van der Waals surface area contributed by atoms with E-state index in [-0.39, 0.29) is 12.1 Å². The van der Waals surface area contributed by atoms with Gasteiger partial charge in [-0.1, -0.05) is 71.1 Å². The molecule has 0 fully saturated rings. The smallest absolute Gasteiger partial charge is 0.216 e. The maximum atomic E-state index is 6.02. The minimum absolute atomic E-state index is 0.194. The third kappa shape index (κ3) is 3.03. The molecule has 0 N–H and O–H groups in total. The van der Waals surface area contributed by atoms with Gasteiger partial charge in [0.1, 0.15) is 6.10 Å². The van der Waals surface area contributed by atoms with E-state index in [9.17, 15) is 0 Å². The van der Waals surface area contributed by atoms with Gasteiger partial charge in [-0.25, -0.2) is 4.99 Å². The fourth-order valence-corrected chi connectivity index (χ4v) is 2.92. The highest BCUT2D eigenvalue weighted by Gasteiger charge is 2.25. The second-order valence-electron chi connectivity index (χ2n) is 4.86. The highest BCUT2D eigenvalue weighted by molar-refractivity contribution is 14.1. The van der Waals surface area contributed by atoms with Crippen molar-refractivity contribution in [2.75, 3.05) is 4.43 Å². The number of rotatable bonds is 3. The molecule has 2 aromatic carbocycles. The lowest BCUT2D eigenvalue weighted by Gasteiger charge is -2.28. The Hall–Kier alpha value is -1.36. The maximum Gasteiger partial charge on any atom is 0.216 e. The zero-order chi connectivity index (χ0) is 13.8. The van der Waals surface area contributed by atoms with Gasteiger partial charge < -0.3 is 4.74 Å². The molecule has 0 bridgehead atoms. The van der Waals surface area contributed by atoms with Crippen LogP contribution in [0.5, 0.6) is 0 Å². The first-order valence-electron chi connectivity index (χ1n) is 6.77. The van der Waals surface area contributed by atoms with Crippen LogP contribution in [0.15, 0.2) is 65.7 Å². The van der Waals surface area contributed by atoms with Gasteiger partial charge >= 0.3 is 0 Å². The summed E-state index contributed by atoms with van der Waals surface area (Å²) in [5, 5.41) is 0. The van der Waals surface area contributed by atoms with Crippen molar-refractivity contribution in [2.45, 2.75) is 18.6 Å². The van der Waals surface area contributed by atoms with Crippen LogP contribution in [0, 0.1) is 0 Å². The van der Waals surface area contributed by atoms with Gasteiger partial charge in [-0.2, -0.15) is 0 Å². The quantitative estimate of drug-likeness (QED) is 0.574. The van der Waals surface area contributed by atoms with E-state index in [4.69, 9.17) is 9.73 Å². The van der Waals surface area contributed by atoms with Gasteiger partial charge in [0.2, 0.25) is 5.90 Å². The molecule has 0 aromatic heterocycles. The second kappa shape index (κ2) is 6.39. The van der Waals surface area contributed by atoms with Crippen LogP contribution < -0.4 is 0 Å². The van der Waals surface area contributed by atoms with Crippen LogP contribution in [0.1, 0.15) is 23.6 Å². The van der Waals surface area contributed by atoms with Crippen LogP contribution in [0.4, 0.5) is 0 Å². The van der Waals surface area contributed by atoms with Gasteiger partial charge in [0.25, 0.3) is 0 Å². The highest BCUT2D eigenvalue weighted by Crippen LogP contribution is 2.30. The third-order valence-corrected chi connectivity index (χ3v) is 4.40. The van der Waals surface area contributed by atoms with E-state index in [0.29, 0.717) is 0 Å². The third-order valence-electron chi connectivity index (χ3n) is 3.41. The Bertz CT molecular complexity index is 582. The second-order valence-corrected chi connectivity index (χ2v) is 5.74. The maximum absolute atomic E-state index is 6.02. The molecule has 1 aliphatic heterocycles. The monoisotopic (exact) mass is 377 g/mol. The van der Waals surface area contributed by atoms with E-state index in [0.717, 1.165) is 22.3 Å². The summed E-state index contributed by atoms with van der Waals surface area (Å²) in [6, 6.07) is 20.8. The zero-order valence-corrected chi connectivity index (χ0v) is 13.2. The normalized spacial score (nSPS) is 21.9. The lowest BCUT2D eigenvalue weighted by atomic mass is 10.0. The predicted molar refractivity (Wildman–Crippen MR) is 90.5 cm³/mol. The summed E-state index contributed by atoms with van der Waals surface area (Å²) in [5.41, 5.74) is 2.32. The topological polar surface area (TPSA) is 21.6 Å². The van der Waals surface area contributed by atoms with Gasteiger partial charge in [-0.05, 0) is 17.7 Å². The molecule has 0 saturated carbocycles. The number of nitrogens with zero attached hydrogens (tertiary/aromatic N) is 1. The lowest BCUT2D eigenvalue weighted by Crippen LogP contribution is -2.28. The molecule has 3 heteroatoms. The van der Waals surface area contributed by atoms with Crippen LogP contribution in [0.2, 0.25) is 0 Å². The first kappa shape index (κ1) is 13.6. The Morgan fingerprint density at radius 1 is 1.00 bits per heavy atom. The van der Waals surface area contributed by atoms with E-state index < -0.39 is 0 Å². The van der Waals surface area contributed by atoms with E-state index in [1.54, 1.807) is 0 Å². The Labute approximate surface area is 133 Å². The van der Waals surface area contributed by atoms with Crippen molar-refractivity contribution in [3.8, 4) is 0 Å². The average molecular weight is 377 g/mol.